The zero-order chi connectivity index (χ0) is 29.0. The van der Waals surface area contributed by atoms with Crippen LogP contribution in [0.3, 0.4) is 0 Å². The highest BCUT2D eigenvalue weighted by molar-refractivity contribution is 6.27. The average Bonchev–Trinajstić information content (AvgIpc) is 3.64. The molecule has 0 fully saturated rings. The van der Waals surface area contributed by atoms with Crippen molar-refractivity contribution < 1.29 is 4.42 Å². The van der Waals surface area contributed by atoms with Crippen LogP contribution in [0.25, 0.3) is 83.1 Å². The van der Waals surface area contributed by atoms with Gasteiger partial charge in [0.05, 0.1) is 22.4 Å². The first-order valence-electron chi connectivity index (χ1n) is 14.9. The number of nitrogens with zero attached hydrogens (tertiary/aromatic N) is 2. The second-order valence-electron chi connectivity index (χ2n) is 11.2. The van der Waals surface area contributed by atoms with Crippen LogP contribution in [0.15, 0.2) is 162 Å². The summed E-state index contributed by atoms with van der Waals surface area (Å²) in [4.78, 5) is 5.06. The minimum absolute atomic E-state index is 0.915. The minimum atomic E-state index is 0.915. The van der Waals surface area contributed by atoms with Gasteiger partial charge in [0.1, 0.15) is 11.2 Å². The highest BCUT2D eigenvalue weighted by Gasteiger charge is 2.18. The molecule has 0 aliphatic heterocycles. The molecular weight excluding hydrogens is 536 g/mol. The molecule has 3 heteroatoms. The summed E-state index contributed by atoms with van der Waals surface area (Å²) in [5, 5.41) is 4.76. The van der Waals surface area contributed by atoms with Gasteiger partial charge in [0.2, 0.25) is 0 Å². The summed E-state index contributed by atoms with van der Waals surface area (Å²) in [5.41, 5.74) is 11.7. The largest absolute Gasteiger partial charge is 0.456 e. The third-order valence-electron chi connectivity index (χ3n) is 8.60. The van der Waals surface area contributed by atoms with Gasteiger partial charge >= 0.3 is 0 Å². The van der Waals surface area contributed by atoms with Gasteiger partial charge in [0.15, 0.2) is 0 Å². The molecule has 0 bridgehead atoms. The van der Waals surface area contributed by atoms with E-state index in [0.29, 0.717) is 0 Å². The molecule has 0 aliphatic carbocycles. The van der Waals surface area contributed by atoms with Crippen LogP contribution in [0.5, 0.6) is 0 Å². The van der Waals surface area contributed by atoms with Gasteiger partial charge in [-0.2, -0.15) is 0 Å². The summed E-state index contributed by atoms with van der Waals surface area (Å²) in [5.74, 6) is 0. The number of benzene rings is 6. The Bertz CT molecular complexity index is 2410. The van der Waals surface area contributed by atoms with Crippen LogP contribution in [0, 0.1) is 0 Å². The van der Waals surface area contributed by atoms with Gasteiger partial charge in [-0.3, -0.25) is 0 Å². The number of fused-ring (bicyclic) bond motifs is 7. The first kappa shape index (κ1) is 24.6. The minimum Gasteiger partial charge on any atom is -0.456 e. The van der Waals surface area contributed by atoms with Crippen molar-refractivity contribution in [3.05, 3.63) is 158 Å². The first-order chi connectivity index (χ1) is 21.8. The van der Waals surface area contributed by atoms with Crippen LogP contribution in [-0.4, -0.2) is 9.55 Å². The topological polar surface area (TPSA) is 31.0 Å². The van der Waals surface area contributed by atoms with Crippen LogP contribution >= 0.6 is 0 Å². The van der Waals surface area contributed by atoms with Gasteiger partial charge < -0.3 is 8.98 Å². The molecule has 9 rings (SSSR count). The van der Waals surface area contributed by atoms with E-state index in [1.165, 1.54) is 27.2 Å². The van der Waals surface area contributed by atoms with Crippen molar-refractivity contribution >= 4 is 43.7 Å². The third kappa shape index (κ3) is 3.87. The Balaban J connectivity index is 1.22. The predicted molar refractivity (Wildman–Crippen MR) is 182 cm³/mol. The van der Waals surface area contributed by atoms with E-state index in [-0.39, 0.29) is 0 Å². The molecule has 0 saturated heterocycles. The standard InChI is InChI=1S/C41H26N2O/c1-3-11-28(12-4-1)34-25-30(26-35(42-34)29-13-5-2-6-14-29)27-19-21-31(22-20-27)43-36-17-9-7-15-32(36)40-37(43)23-24-39-41(40)33-16-8-10-18-38(33)44-39/h1-26H. The van der Waals surface area contributed by atoms with Crippen molar-refractivity contribution in [1.82, 2.24) is 9.55 Å². The highest BCUT2D eigenvalue weighted by atomic mass is 16.3. The molecule has 0 unspecified atom stereocenters. The molecule has 206 valence electrons. The summed E-state index contributed by atoms with van der Waals surface area (Å²) in [6.07, 6.45) is 0. The molecule has 3 heterocycles. The SMILES string of the molecule is c1ccc(-c2cc(-c3ccc(-n4c5ccccc5c5c6c(ccc54)oc4ccccc46)cc3)cc(-c3ccccc3)n2)cc1. The summed E-state index contributed by atoms with van der Waals surface area (Å²) in [6.45, 7) is 0. The van der Waals surface area contributed by atoms with Crippen molar-refractivity contribution in [2.24, 2.45) is 0 Å². The smallest absolute Gasteiger partial charge is 0.136 e. The van der Waals surface area contributed by atoms with Crippen LogP contribution in [-0.2, 0) is 0 Å². The van der Waals surface area contributed by atoms with Gasteiger partial charge in [-0.05, 0) is 59.7 Å². The monoisotopic (exact) mass is 562 g/mol. The molecule has 0 amide bonds. The van der Waals surface area contributed by atoms with Crippen LogP contribution in [0.4, 0.5) is 0 Å². The van der Waals surface area contributed by atoms with Crippen LogP contribution < -0.4 is 0 Å². The first-order valence-corrected chi connectivity index (χ1v) is 14.9. The van der Waals surface area contributed by atoms with E-state index in [1.54, 1.807) is 0 Å². The maximum atomic E-state index is 6.26. The molecule has 6 aromatic carbocycles. The molecule has 0 N–H and O–H groups in total. The molecule has 44 heavy (non-hydrogen) atoms. The lowest BCUT2D eigenvalue weighted by Crippen LogP contribution is -1.94. The van der Waals surface area contributed by atoms with E-state index in [0.717, 1.165) is 55.9 Å². The highest BCUT2D eigenvalue weighted by Crippen LogP contribution is 2.41. The van der Waals surface area contributed by atoms with Crippen LogP contribution in [0.1, 0.15) is 0 Å². The average molecular weight is 563 g/mol. The van der Waals surface area contributed by atoms with E-state index >= 15 is 0 Å². The predicted octanol–water partition coefficient (Wildman–Crippen LogP) is 11.1. The van der Waals surface area contributed by atoms with Gasteiger partial charge in [-0.15, -0.1) is 0 Å². The van der Waals surface area contributed by atoms with Crippen molar-refractivity contribution in [3.63, 3.8) is 0 Å². The molecular formula is C41H26N2O. The molecule has 0 radical (unpaired) electrons. The molecule has 3 nitrogen and oxygen atoms in total. The maximum absolute atomic E-state index is 6.26. The van der Waals surface area contributed by atoms with Crippen LogP contribution in [0.2, 0.25) is 0 Å². The zero-order valence-corrected chi connectivity index (χ0v) is 23.8. The third-order valence-corrected chi connectivity index (χ3v) is 8.60. The Morgan fingerprint density at radius 1 is 0.409 bits per heavy atom. The summed E-state index contributed by atoms with van der Waals surface area (Å²) in [7, 11) is 0. The van der Waals surface area contributed by atoms with Crippen molar-refractivity contribution in [3.8, 4) is 39.3 Å². The lowest BCUT2D eigenvalue weighted by molar-refractivity contribution is 0.669. The Hall–Kier alpha value is -5.93. The zero-order valence-electron chi connectivity index (χ0n) is 23.8. The lowest BCUT2D eigenvalue weighted by Gasteiger charge is -2.12. The van der Waals surface area contributed by atoms with Crippen molar-refractivity contribution in [2.75, 3.05) is 0 Å². The van der Waals surface area contributed by atoms with E-state index in [4.69, 9.17) is 9.40 Å². The van der Waals surface area contributed by atoms with Gasteiger partial charge in [0.25, 0.3) is 0 Å². The number of hydrogen-bond acceptors (Lipinski definition) is 2. The fourth-order valence-electron chi connectivity index (χ4n) is 6.57. The van der Waals surface area contributed by atoms with Crippen molar-refractivity contribution in [2.45, 2.75) is 0 Å². The van der Waals surface area contributed by atoms with E-state index in [2.05, 4.69) is 138 Å². The second-order valence-corrected chi connectivity index (χ2v) is 11.2. The number of pyridine rings is 1. The summed E-state index contributed by atoms with van der Waals surface area (Å²) in [6, 6.07) is 55.4. The number of aromatic nitrogens is 2. The maximum Gasteiger partial charge on any atom is 0.136 e. The summed E-state index contributed by atoms with van der Waals surface area (Å²) >= 11 is 0. The van der Waals surface area contributed by atoms with Gasteiger partial charge in [-0.1, -0.05) is 109 Å². The number of furan rings is 1. The molecule has 0 aliphatic rings. The van der Waals surface area contributed by atoms with E-state index in [9.17, 15) is 0 Å². The summed E-state index contributed by atoms with van der Waals surface area (Å²) < 4.78 is 8.63. The Morgan fingerprint density at radius 2 is 1.02 bits per heavy atom. The van der Waals surface area contributed by atoms with Crippen molar-refractivity contribution in [1.29, 1.82) is 0 Å². The molecule has 3 aromatic heterocycles. The normalized spacial score (nSPS) is 11.6. The fourth-order valence-corrected chi connectivity index (χ4v) is 6.57. The fraction of sp³-hybridized carbons (Fsp3) is 0. The molecule has 0 spiro atoms. The quantitative estimate of drug-likeness (QED) is 0.214. The Labute approximate surface area is 254 Å². The molecule has 0 atom stereocenters. The number of para-hydroxylation sites is 2. The van der Waals surface area contributed by atoms with E-state index < -0.39 is 0 Å². The second kappa shape index (κ2) is 9.82. The molecule has 9 aromatic rings. The molecule has 0 saturated carbocycles. The van der Waals surface area contributed by atoms with Gasteiger partial charge in [-0.25, -0.2) is 4.98 Å². The Kier molecular flexibility index (Phi) is 5.50. The number of rotatable bonds is 4. The van der Waals surface area contributed by atoms with E-state index in [1.807, 2.05) is 24.3 Å². The lowest BCUT2D eigenvalue weighted by atomic mass is 10.00. The number of hydrogen-bond donors (Lipinski definition) is 0. The Morgan fingerprint density at radius 3 is 1.73 bits per heavy atom. The van der Waals surface area contributed by atoms with Gasteiger partial charge in [0, 0.05) is 38.4 Å².